The number of aromatic nitrogens is 1. The van der Waals surface area contributed by atoms with Crippen molar-refractivity contribution in [1.82, 2.24) is 4.98 Å². The second-order valence-electron chi connectivity index (χ2n) is 5.82. The minimum absolute atomic E-state index is 0.220. The van der Waals surface area contributed by atoms with Gasteiger partial charge in [-0.25, -0.2) is 0 Å². The van der Waals surface area contributed by atoms with Crippen LogP contribution in [0.15, 0.2) is 94.9 Å². The lowest BCUT2D eigenvalue weighted by atomic mass is 9.87. The first-order chi connectivity index (χ1) is 12.3. The third kappa shape index (κ3) is 4.23. The van der Waals surface area contributed by atoms with E-state index in [4.69, 9.17) is 15.1 Å². The van der Waals surface area contributed by atoms with Gasteiger partial charge in [0.05, 0.1) is 17.7 Å². The zero-order valence-electron chi connectivity index (χ0n) is 14.0. The van der Waals surface area contributed by atoms with E-state index in [0.717, 1.165) is 34.7 Å². The molecule has 2 N–H and O–H groups in total. The molecule has 0 fully saturated rings. The van der Waals surface area contributed by atoms with Crippen molar-refractivity contribution < 1.29 is 4.42 Å². The van der Waals surface area contributed by atoms with E-state index in [1.165, 1.54) is 6.20 Å². The summed E-state index contributed by atoms with van der Waals surface area (Å²) in [6.07, 6.45) is 13.5. The molecule has 1 atom stereocenters. The van der Waals surface area contributed by atoms with Crippen LogP contribution in [0.4, 0.5) is 0 Å². The number of nitrogens with two attached hydrogens (primary N) is 1. The average molecular weight is 331 g/mol. The maximum atomic E-state index is 5.65. The molecule has 4 heteroatoms. The van der Waals surface area contributed by atoms with Gasteiger partial charge < -0.3 is 10.2 Å². The predicted octanol–water partition coefficient (Wildman–Crippen LogP) is 4.15. The second-order valence-corrected chi connectivity index (χ2v) is 5.82. The molecule has 126 valence electrons. The van der Waals surface area contributed by atoms with Crippen molar-refractivity contribution in [2.75, 3.05) is 6.54 Å². The first-order valence-electron chi connectivity index (χ1n) is 8.22. The van der Waals surface area contributed by atoms with Gasteiger partial charge in [-0.2, -0.15) is 0 Å². The summed E-state index contributed by atoms with van der Waals surface area (Å²) in [6, 6.07) is 9.72. The predicted molar refractivity (Wildman–Crippen MR) is 102 cm³/mol. The van der Waals surface area contributed by atoms with Crippen molar-refractivity contribution in [3.05, 3.63) is 96.9 Å². The Morgan fingerprint density at radius 2 is 2.20 bits per heavy atom. The summed E-state index contributed by atoms with van der Waals surface area (Å²) in [4.78, 5) is 9.13. The third-order valence-electron chi connectivity index (χ3n) is 4.01. The van der Waals surface area contributed by atoms with E-state index in [1.54, 1.807) is 18.5 Å². The molecule has 1 aliphatic rings. The van der Waals surface area contributed by atoms with Crippen LogP contribution in [0.3, 0.4) is 0 Å². The van der Waals surface area contributed by atoms with E-state index in [-0.39, 0.29) is 5.92 Å². The number of aliphatic imine (C=N–C) groups is 1. The van der Waals surface area contributed by atoms with E-state index in [2.05, 4.69) is 17.6 Å². The molecule has 1 unspecified atom stereocenters. The lowest BCUT2D eigenvalue weighted by Crippen LogP contribution is -2.17. The molecule has 0 bridgehead atoms. The van der Waals surface area contributed by atoms with Crippen molar-refractivity contribution in [2.45, 2.75) is 6.42 Å². The number of pyridine rings is 1. The van der Waals surface area contributed by atoms with Crippen LogP contribution in [-0.2, 0) is 0 Å². The molecule has 0 spiro atoms. The Hall–Kier alpha value is -3.14. The van der Waals surface area contributed by atoms with Gasteiger partial charge in [0, 0.05) is 24.2 Å². The Labute approximate surface area is 147 Å². The highest BCUT2D eigenvalue weighted by Gasteiger charge is 2.23. The highest BCUT2D eigenvalue weighted by molar-refractivity contribution is 6.11. The Kier molecular flexibility index (Phi) is 5.42. The number of hydrogen-bond donors (Lipinski definition) is 1. The zero-order chi connectivity index (χ0) is 17.5. The fourth-order valence-corrected chi connectivity index (χ4v) is 2.82. The monoisotopic (exact) mass is 331 g/mol. The summed E-state index contributed by atoms with van der Waals surface area (Å²) in [5.74, 6) is 1.09. The van der Waals surface area contributed by atoms with E-state index in [1.807, 2.05) is 42.5 Å². The fourth-order valence-electron chi connectivity index (χ4n) is 2.82. The number of hydrogen-bond acceptors (Lipinski definition) is 4. The summed E-state index contributed by atoms with van der Waals surface area (Å²) in [7, 11) is 0. The maximum Gasteiger partial charge on any atom is 0.130 e. The number of allylic oxidation sites excluding steroid dienone is 5. The van der Waals surface area contributed by atoms with Crippen LogP contribution in [0.5, 0.6) is 0 Å². The third-order valence-corrected chi connectivity index (χ3v) is 4.01. The molecule has 4 nitrogen and oxygen atoms in total. The fraction of sp³-hybridized carbons (Fsp3) is 0.143. The van der Waals surface area contributed by atoms with E-state index in [9.17, 15) is 0 Å². The van der Waals surface area contributed by atoms with Gasteiger partial charge in [-0.1, -0.05) is 30.4 Å². The molecule has 0 saturated heterocycles. The molecule has 0 saturated carbocycles. The van der Waals surface area contributed by atoms with E-state index in [0.29, 0.717) is 6.54 Å². The Morgan fingerprint density at radius 1 is 1.28 bits per heavy atom. The molecular weight excluding hydrogens is 310 g/mol. The summed E-state index contributed by atoms with van der Waals surface area (Å²) in [5.41, 5.74) is 9.26. The molecular formula is C21H21N3O. The van der Waals surface area contributed by atoms with Crippen molar-refractivity contribution in [1.29, 1.82) is 0 Å². The van der Waals surface area contributed by atoms with Crippen LogP contribution in [0, 0.1) is 5.92 Å². The molecule has 0 aromatic carbocycles. The molecule has 1 aliphatic heterocycles. The summed E-state index contributed by atoms with van der Waals surface area (Å²) < 4.78 is 5.65. The first kappa shape index (κ1) is 16.7. The SMILES string of the molecule is C=C(/C=C\C=C/N)CC1CN=C(c2ccccn2)C=C1c1ccco1. The Morgan fingerprint density at radius 3 is 2.92 bits per heavy atom. The minimum Gasteiger partial charge on any atom is -0.465 e. The maximum absolute atomic E-state index is 5.65. The van der Waals surface area contributed by atoms with Crippen LogP contribution < -0.4 is 5.73 Å². The van der Waals surface area contributed by atoms with Crippen molar-refractivity contribution in [3.63, 3.8) is 0 Å². The summed E-state index contributed by atoms with van der Waals surface area (Å²) in [5, 5.41) is 0. The summed E-state index contributed by atoms with van der Waals surface area (Å²) in [6.45, 7) is 4.81. The summed E-state index contributed by atoms with van der Waals surface area (Å²) >= 11 is 0. The van der Waals surface area contributed by atoms with Gasteiger partial charge in [0.1, 0.15) is 5.76 Å². The van der Waals surface area contributed by atoms with Gasteiger partial charge in [0.2, 0.25) is 0 Å². The number of rotatable bonds is 6. The Bertz CT molecular complexity index is 827. The van der Waals surface area contributed by atoms with Crippen molar-refractivity contribution in [2.24, 2.45) is 16.6 Å². The number of nitrogens with zero attached hydrogens (tertiary/aromatic N) is 2. The van der Waals surface area contributed by atoms with Crippen molar-refractivity contribution >= 4 is 11.3 Å². The van der Waals surface area contributed by atoms with E-state index < -0.39 is 0 Å². The van der Waals surface area contributed by atoms with Gasteiger partial charge in [0.25, 0.3) is 0 Å². The van der Waals surface area contributed by atoms with Gasteiger partial charge in [-0.3, -0.25) is 9.98 Å². The topological polar surface area (TPSA) is 64.4 Å². The van der Waals surface area contributed by atoms with Crippen LogP contribution in [0.2, 0.25) is 0 Å². The van der Waals surface area contributed by atoms with Gasteiger partial charge in [-0.15, -0.1) is 0 Å². The van der Waals surface area contributed by atoms with Gasteiger partial charge in [0.15, 0.2) is 0 Å². The molecule has 2 aromatic rings. The smallest absolute Gasteiger partial charge is 0.130 e. The standard InChI is InChI=1S/C21H21N3O/c1-16(7-2-4-10-22)13-17-15-24-20(19-8-3-5-11-23-19)14-18(17)21-9-6-12-25-21/h2-12,14,17H,1,13,15,22H2/b7-2-,10-4-. The normalized spacial score (nSPS) is 17.7. The van der Waals surface area contributed by atoms with Crippen LogP contribution in [0.1, 0.15) is 17.9 Å². The molecule has 0 amide bonds. The van der Waals surface area contributed by atoms with Crippen molar-refractivity contribution in [3.8, 4) is 0 Å². The largest absolute Gasteiger partial charge is 0.465 e. The van der Waals surface area contributed by atoms with Crippen LogP contribution >= 0.6 is 0 Å². The molecule has 0 aliphatic carbocycles. The highest BCUT2D eigenvalue weighted by atomic mass is 16.3. The Balaban J connectivity index is 1.85. The molecule has 3 rings (SSSR count). The molecule has 0 radical (unpaired) electrons. The average Bonchev–Trinajstić information content (AvgIpc) is 3.17. The quantitative estimate of drug-likeness (QED) is 0.809. The first-order valence-corrected chi connectivity index (χ1v) is 8.22. The lowest BCUT2D eigenvalue weighted by Gasteiger charge is -2.22. The highest BCUT2D eigenvalue weighted by Crippen LogP contribution is 2.32. The second kappa shape index (κ2) is 8.11. The number of furan rings is 1. The zero-order valence-corrected chi connectivity index (χ0v) is 14.0. The van der Waals surface area contributed by atoms with Gasteiger partial charge in [-0.05, 0) is 49.0 Å². The number of dihydropyridines is 1. The van der Waals surface area contributed by atoms with Crippen LogP contribution in [0.25, 0.3) is 5.57 Å². The molecule has 3 heterocycles. The lowest BCUT2D eigenvalue weighted by molar-refractivity contribution is 0.536. The van der Waals surface area contributed by atoms with E-state index >= 15 is 0 Å². The minimum atomic E-state index is 0.220. The van der Waals surface area contributed by atoms with Gasteiger partial charge >= 0.3 is 0 Å². The molecule has 25 heavy (non-hydrogen) atoms. The van der Waals surface area contributed by atoms with Crippen LogP contribution in [-0.4, -0.2) is 17.2 Å². The molecule has 2 aromatic heterocycles.